The van der Waals surface area contributed by atoms with Crippen LogP contribution in [0.5, 0.6) is 0 Å². The molecule has 4 aliphatic rings. The van der Waals surface area contributed by atoms with Gasteiger partial charge in [-0.2, -0.15) is 0 Å². The minimum Gasteiger partial charge on any atom is -0.455 e. The van der Waals surface area contributed by atoms with E-state index in [2.05, 4.69) is 15.8 Å². The molecule has 0 radical (unpaired) electrons. The van der Waals surface area contributed by atoms with Gasteiger partial charge in [0.2, 0.25) is 5.91 Å². The second-order valence-electron chi connectivity index (χ2n) is 8.77. The molecule has 5 rings (SSSR count). The van der Waals surface area contributed by atoms with Crippen molar-refractivity contribution in [2.75, 3.05) is 23.4 Å². The minimum absolute atomic E-state index is 0.00983. The normalized spacial score (nSPS) is 29.5. The first-order valence-corrected chi connectivity index (χ1v) is 11.3. The van der Waals surface area contributed by atoms with Gasteiger partial charge in [-0.15, -0.1) is 11.8 Å². The van der Waals surface area contributed by atoms with E-state index in [0.29, 0.717) is 11.6 Å². The van der Waals surface area contributed by atoms with Gasteiger partial charge in [-0.25, -0.2) is 0 Å². The first-order valence-electron chi connectivity index (χ1n) is 10.2. The third-order valence-corrected chi connectivity index (χ3v) is 7.06. The Bertz CT molecular complexity index is 758. The van der Waals surface area contributed by atoms with Gasteiger partial charge in [0.05, 0.1) is 11.5 Å². The molecule has 9 heteroatoms. The zero-order chi connectivity index (χ0) is 20.4. The molecule has 0 aliphatic heterocycles. The molecule has 1 aromatic rings. The summed E-state index contributed by atoms with van der Waals surface area (Å²) in [5.41, 5.74) is -0.0788. The maximum absolute atomic E-state index is 12.3. The Morgan fingerprint density at radius 3 is 2.38 bits per heavy atom. The lowest BCUT2D eigenvalue weighted by Crippen LogP contribution is -2.60. The number of amides is 2. The van der Waals surface area contributed by atoms with E-state index >= 15 is 0 Å². The van der Waals surface area contributed by atoms with Crippen LogP contribution in [-0.2, 0) is 19.1 Å². The van der Waals surface area contributed by atoms with Crippen LogP contribution in [0.15, 0.2) is 10.6 Å². The number of carbonyl (C=O) groups is 3. The van der Waals surface area contributed by atoms with Crippen LogP contribution in [-0.4, -0.2) is 46.6 Å². The topological polar surface area (TPSA) is 111 Å². The molecule has 2 amide bonds. The van der Waals surface area contributed by atoms with Crippen LogP contribution < -0.4 is 10.6 Å². The molecule has 4 fully saturated rings. The molecular formula is C20H27N3O5S. The fourth-order valence-corrected chi connectivity index (χ4v) is 6.22. The Morgan fingerprint density at radius 1 is 1.14 bits per heavy atom. The predicted octanol–water partition coefficient (Wildman–Crippen LogP) is 2.28. The molecule has 1 aromatic heterocycles. The lowest BCUT2D eigenvalue weighted by molar-refractivity contribution is -0.147. The number of carbonyl (C=O) groups excluding carboxylic acids is 3. The molecule has 2 N–H and O–H groups in total. The SMILES string of the molecule is Cc1cc(NC(=O)CSCC(=O)OCC(=O)NC23CC4CC(CC(C4)C2)C3)no1. The quantitative estimate of drug-likeness (QED) is 0.620. The maximum atomic E-state index is 12.3. The van der Waals surface area contributed by atoms with E-state index < -0.39 is 5.97 Å². The monoisotopic (exact) mass is 421 g/mol. The summed E-state index contributed by atoms with van der Waals surface area (Å²) in [7, 11) is 0. The van der Waals surface area contributed by atoms with Crippen LogP contribution in [0.4, 0.5) is 5.82 Å². The molecule has 158 valence electrons. The highest BCUT2D eigenvalue weighted by Gasteiger charge is 2.51. The Kier molecular flexibility index (Phi) is 5.85. The molecule has 0 aromatic carbocycles. The molecule has 4 aliphatic carbocycles. The van der Waals surface area contributed by atoms with Gasteiger partial charge in [0.25, 0.3) is 5.91 Å². The molecule has 4 saturated carbocycles. The largest absolute Gasteiger partial charge is 0.455 e. The van der Waals surface area contributed by atoms with E-state index in [9.17, 15) is 14.4 Å². The molecule has 4 bridgehead atoms. The summed E-state index contributed by atoms with van der Waals surface area (Å²) in [6, 6.07) is 1.61. The van der Waals surface area contributed by atoms with E-state index in [4.69, 9.17) is 9.26 Å². The number of hydrogen-bond donors (Lipinski definition) is 2. The van der Waals surface area contributed by atoms with E-state index in [1.807, 2.05) is 0 Å². The Balaban J connectivity index is 1.13. The van der Waals surface area contributed by atoms with Crippen LogP contribution in [0.1, 0.15) is 44.3 Å². The summed E-state index contributed by atoms with van der Waals surface area (Å²) in [6.45, 7) is 1.47. The number of esters is 1. The lowest BCUT2D eigenvalue weighted by atomic mass is 9.53. The average molecular weight is 422 g/mol. The molecule has 29 heavy (non-hydrogen) atoms. The number of anilines is 1. The van der Waals surface area contributed by atoms with E-state index in [1.54, 1.807) is 13.0 Å². The maximum Gasteiger partial charge on any atom is 0.316 e. The van der Waals surface area contributed by atoms with Crippen molar-refractivity contribution in [2.45, 2.75) is 51.0 Å². The standard InChI is InChI=1S/C20H27N3O5S/c1-12-2-16(23-28-12)21-18(25)10-29-11-19(26)27-9-17(24)22-20-6-13-3-14(7-20)5-15(4-13)8-20/h2,13-15H,3-11H2,1H3,(H,22,24)(H,21,23,25). The predicted molar refractivity (Wildman–Crippen MR) is 107 cm³/mol. The second kappa shape index (κ2) is 8.38. The Morgan fingerprint density at radius 2 is 1.79 bits per heavy atom. The van der Waals surface area contributed by atoms with Crippen LogP contribution in [0.3, 0.4) is 0 Å². The molecular weight excluding hydrogens is 394 g/mol. The number of aromatic nitrogens is 1. The van der Waals surface area contributed by atoms with Gasteiger partial charge < -0.3 is 19.9 Å². The summed E-state index contributed by atoms with van der Waals surface area (Å²) in [5.74, 6) is 2.27. The fourth-order valence-electron chi connectivity index (χ4n) is 5.61. The highest BCUT2D eigenvalue weighted by Crippen LogP contribution is 2.55. The summed E-state index contributed by atoms with van der Waals surface area (Å²) in [5, 5.41) is 9.43. The van der Waals surface area contributed by atoms with Gasteiger partial charge in [0, 0.05) is 11.6 Å². The molecule has 0 spiro atoms. The van der Waals surface area contributed by atoms with Gasteiger partial charge in [0.1, 0.15) is 5.76 Å². The Hall–Kier alpha value is -2.03. The van der Waals surface area contributed by atoms with E-state index in [-0.39, 0.29) is 35.5 Å². The highest BCUT2D eigenvalue weighted by molar-refractivity contribution is 8.00. The smallest absolute Gasteiger partial charge is 0.316 e. The first-order chi connectivity index (χ1) is 13.9. The second-order valence-corrected chi connectivity index (χ2v) is 9.76. The van der Waals surface area contributed by atoms with Crippen LogP contribution >= 0.6 is 11.8 Å². The summed E-state index contributed by atoms with van der Waals surface area (Å²) >= 11 is 1.13. The van der Waals surface area contributed by atoms with Crippen molar-refractivity contribution in [1.29, 1.82) is 0 Å². The van der Waals surface area contributed by atoms with Crippen molar-refractivity contribution < 1.29 is 23.6 Å². The fraction of sp³-hybridized carbons (Fsp3) is 0.700. The number of thioether (sulfide) groups is 1. The van der Waals surface area contributed by atoms with Gasteiger partial charge in [-0.1, -0.05) is 5.16 Å². The number of nitrogens with one attached hydrogen (secondary N) is 2. The third kappa shape index (κ3) is 5.12. The Labute approximate surface area is 173 Å². The number of aryl methyl sites for hydroxylation is 1. The summed E-state index contributed by atoms with van der Waals surface area (Å²) in [4.78, 5) is 36.0. The van der Waals surface area contributed by atoms with Crippen LogP contribution in [0.2, 0.25) is 0 Å². The first kappa shape index (κ1) is 20.3. The zero-order valence-electron chi connectivity index (χ0n) is 16.6. The van der Waals surface area contributed by atoms with Crippen molar-refractivity contribution in [1.82, 2.24) is 10.5 Å². The number of hydrogen-bond acceptors (Lipinski definition) is 7. The summed E-state index contributed by atoms with van der Waals surface area (Å²) < 4.78 is 9.96. The van der Waals surface area contributed by atoms with Crippen molar-refractivity contribution in [3.63, 3.8) is 0 Å². The molecule has 8 nitrogen and oxygen atoms in total. The van der Waals surface area contributed by atoms with E-state index in [0.717, 1.165) is 48.8 Å². The number of rotatable bonds is 8. The minimum atomic E-state index is -0.499. The zero-order valence-corrected chi connectivity index (χ0v) is 17.4. The van der Waals surface area contributed by atoms with Gasteiger partial charge in [-0.05, 0) is 63.2 Å². The van der Waals surface area contributed by atoms with Crippen molar-refractivity contribution >= 4 is 35.4 Å². The van der Waals surface area contributed by atoms with Crippen molar-refractivity contribution in [3.8, 4) is 0 Å². The van der Waals surface area contributed by atoms with Gasteiger partial charge in [-0.3, -0.25) is 14.4 Å². The molecule has 0 saturated heterocycles. The molecule has 0 unspecified atom stereocenters. The van der Waals surface area contributed by atoms with Gasteiger partial charge >= 0.3 is 5.97 Å². The lowest BCUT2D eigenvalue weighted by Gasteiger charge is -2.56. The number of ether oxygens (including phenoxy) is 1. The van der Waals surface area contributed by atoms with Crippen LogP contribution in [0.25, 0.3) is 0 Å². The van der Waals surface area contributed by atoms with Gasteiger partial charge in [0.15, 0.2) is 12.4 Å². The highest BCUT2D eigenvalue weighted by atomic mass is 32.2. The summed E-state index contributed by atoms with van der Waals surface area (Å²) in [6.07, 6.45) is 7.12. The molecule has 0 atom stereocenters. The molecule has 1 heterocycles. The average Bonchev–Trinajstić information content (AvgIpc) is 3.03. The van der Waals surface area contributed by atoms with Crippen molar-refractivity contribution in [2.24, 2.45) is 17.8 Å². The third-order valence-electron chi connectivity index (χ3n) is 6.16. The van der Waals surface area contributed by atoms with Crippen molar-refractivity contribution in [3.05, 3.63) is 11.8 Å². The van der Waals surface area contributed by atoms with E-state index in [1.165, 1.54) is 19.3 Å². The number of nitrogens with zero attached hydrogens (tertiary/aromatic N) is 1. The van der Waals surface area contributed by atoms with Crippen LogP contribution in [0, 0.1) is 24.7 Å².